The maximum absolute atomic E-state index is 12.2. The van der Waals surface area contributed by atoms with Crippen LogP contribution < -0.4 is 10.5 Å². The zero-order valence-electron chi connectivity index (χ0n) is 11.8. The highest BCUT2D eigenvalue weighted by Gasteiger charge is 2.19. The summed E-state index contributed by atoms with van der Waals surface area (Å²) in [6.45, 7) is 3.61. The number of nitrogens with two attached hydrogens (primary N) is 1. The van der Waals surface area contributed by atoms with Gasteiger partial charge in [0.25, 0.3) is 0 Å². The molecular formula is C12H20N2O4S2. The Morgan fingerprint density at radius 1 is 1.25 bits per heavy atom. The van der Waals surface area contributed by atoms with Gasteiger partial charge in [-0.15, -0.1) is 0 Å². The Balaban J connectivity index is 3.12. The molecule has 1 aromatic carbocycles. The first kappa shape index (κ1) is 17.1. The Kier molecular flexibility index (Phi) is 5.31. The number of sulfone groups is 1. The molecule has 0 saturated heterocycles. The molecular weight excluding hydrogens is 300 g/mol. The summed E-state index contributed by atoms with van der Waals surface area (Å²) in [4.78, 5) is -0.0410. The van der Waals surface area contributed by atoms with Crippen molar-refractivity contribution in [3.05, 3.63) is 23.8 Å². The van der Waals surface area contributed by atoms with Crippen molar-refractivity contribution in [2.45, 2.75) is 36.1 Å². The van der Waals surface area contributed by atoms with Crippen LogP contribution in [0.5, 0.6) is 0 Å². The summed E-state index contributed by atoms with van der Waals surface area (Å²) < 4.78 is 49.7. The first-order chi connectivity index (χ1) is 9.04. The second-order valence-corrected chi connectivity index (χ2v) is 8.61. The molecule has 114 valence electrons. The van der Waals surface area contributed by atoms with Gasteiger partial charge in [-0.1, -0.05) is 6.07 Å². The molecule has 0 aliphatic heterocycles. The summed E-state index contributed by atoms with van der Waals surface area (Å²) in [5.74, 6) is 0. The van der Waals surface area contributed by atoms with E-state index < -0.39 is 19.9 Å². The van der Waals surface area contributed by atoms with Gasteiger partial charge >= 0.3 is 0 Å². The van der Waals surface area contributed by atoms with Crippen molar-refractivity contribution in [2.75, 3.05) is 12.8 Å². The minimum Gasteiger partial charge on any atom is -0.328 e. The number of hydrogen-bond acceptors (Lipinski definition) is 5. The van der Waals surface area contributed by atoms with E-state index in [-0.39, 0.29) is 22.4 Å². The molecule has 0 radical (unpaired) electrons. The Morgan fingerprint density at radius 2 is 1.85 bits per heavy atom. The summed E-state index contributed by atoms with van der Waals surface area (Å²) in [7, 11) is -7.19. The highest BCUT2D eigenvalue weighted by molar-refractivity contribution is 7.91. The SMILES string of the molecule is Cc1ccc(S(C)(=O)=O)cc1S(=O)(=O)NCCC(C)N. The molecule has 0 fully saturated rings. The molecule has 20 heavy (non-hydrogen) atoms. The van der Waals surface area contributed by atoms with Gasteiger partial charge in [-0.2, -0.15) is 0 Å². The van der Waals surface area contributed by atoms with Gasteiger partial charge in [0.05, 0.1) is 9.79 Å². The van der Waals surface area contributed by atoms with Gasteiger partial charge in [0.1, 0.15) is 0 Å². The number of benzene rings is 1. The molecule has 0 aliphatic rings. The lowest BCUT2D eigenvalue weighted by molar-refractivity contribution is 0.571. The average Bonchev–Trinajstić information content (AvgIpc) is 2.26. The molecule has 0 bridgehead atoms. The number of nitrogens with one attached hydrogen (secondary N) is 1. The van der Waals surface area contributed by atoms with E-state index >= 15 is 0 Å². The van der Waals surface area contributed by atoms with Gasteiger partial charge in [0.15, 0.2) is 9.84 Å². The van der Waals surface area contributed by atoms with E-state index in [0.29, 0.717) is 12.0 Å². The van der Waals surface area contributed by atoms with Crippen molar-refractivity contribution in [1.82, 2.24) is 4.72 Å². The van der Waals surface area contributed by atoms with E-state index in [1.807, 2.05) is 0 Å². The number of hydrogen-bond donors (Lipinski definition) is 2. The van der Waals surface area contributed by atoms with Gasteiger partial charge in [-0.3, -0.25) is 0 Å². The van der Waals surface area contributed by atoms with E-state index in [4.69, 9.17) is 5.73 Å². The molecule has 1 aromatic rings. The van der Waals surface area contributed by atoms with Gasteiger partial charge < -0.3 is 5.73 Å². The van der Waals surface area contributed by atoms with Crippen LogP contribution in [-0.2, 0) is 19.9 Å². The highest BCUT2D eigenvalue weighted by atomic mass is 32.2. The summed E-state index contributed by atoms with van der Waals surface area (Å²) in [6.07, 6.45) is 1.54. The first-order valence-electron chi connectivity index (χ1n) is 6.10. The first-order valence-corrected chi connectivity index (χ1v) is 9.47. The molecule has 3 N–H and O–H groups in total. The van der Waals surface area contributed by atoms with Crippen molar-refractivity contribution in [3.63, 3.8) is 0 Å². The quantitative estimate of drug-likeness (QED) is 0.790. The zero-order chi connectivity index (χ0) is 15.6. The molecule has 8 heteroatoms. The summed E-state index contributed by atoms with van der Waals surface area (Å²) >= 11 is 0. The molecule has 1 rings (SSSR count). The smallest absolute Gasteiger partial charge is 0.240 e. The van der Waals surface area contributed by atoms with Gasteiger partial charge in [-0.05, 0) is 38.0 Å². The third-order valence-electron chi connectivity index (χ3n) is 2.77. The lowest BCUT2D eigenvalue weighted by Crippen LogP contribution is -2.29. The van der Waals surface area contributed by atoms with E-state index in [2.05, 4.69) is 4.72 Å². The summed E-state index contributed by atoms with van der Waals surface area (Å²) in [6, 6.07) is 3.95. The third kappa shape index (κ3) is 4.55. The van der Waals surface area contributed by atoms with Crippen LogP contribution in [0.4, 0.5) is 0 Å². The van der Waals surface area contributed by atoms with Crippen LogP contribution in [0.2, 0.25) is 0 Å². The fraction of sp³-hybridized carbons (Fsp3) is 0.500. The lowest BCUT2D eigenvalue weighted by atomic mass is 10.2. The largest absolute Gasteiger partial charge is 0.328 e. The molecule has 1 atom stereocenters. The number of sulfonamides is 1. The van der Waals surface area contributed by atoms with E-state index in [9.17, 15) is 16.8 Å². The maximum Gasteiger partial charge on any atom is 0.240 e. The molecule has 0 amide bonds. The second kappa shape index (κ2) is 6.21. The van der Waals surface area contributed by atoms with Crippen molar-refractivity contribution >= 4 is 19.9 Å². The summed E-state index contributed by atoms with van der Waals surface area (Å²) in [5.41, 5.74) is 6.05. The average molecular weight is 320 g/mol. The Labute approximate surface area is 120 Å². The zero-order valence-corrected chi connectivity index (χ0v) is 13.4. The number of rotatable bonds is 6. The Hall–Kier alpha value is -0.960. The van der Waals surface area contributed by atoms with E-state index in [1.165, 1.54) is 18.2 Å². The second-order valence-electron chi connectivity index (χ2n) is 4.86. The maximum atomic E-state index is 12.2. The molecule has 0 aromatic heterocycles. The van der Waals surface area contributed by atoms with Gasteiger partial charge in [0.2, 0.25) is 10.0 Å². The molecule has 0 aliphatic carbocycles. The van der Waals surface area contributed by atoms with Crippen molar-refractivity contribution < 1.29 is 16.8 Å². The van der Waals surface area contributed by atoms with Crippen LogP contribution in [0.25, 0.3) is 0 Å². The monoisotopic (exact) mass is 320 g/mol. The van der Waals surface area contributed by atoms with E-state index in [1.54, 1.807) is 13.8 Å². The van der Waals surface area contributed by atoms with Crippen LogP contribution in [0.3, 0.4) is 0 Å². The molecule has 6 nitrogen and oxygen atoms in total. The molecule has 1 unspecified atom stereocenters. The van der Waals surface area contributed by atoms with Crippen LogP contribution in [0.1, 0.15) is 18.9 Å². The number of aryl methyl sites for hydroxylation is 1. The predicted molar refractivity (Wildman–Crippen MR) is 77.7 cm³/mol. The van der Waals surface area contributed by atoms with Crippen molar-refractivity contribution in [3.8, 4) is 0 Å². The highest BCUT2D eigenvalue weighted by Crippen LogP contribution is 2.20. The van der Waals surface area contributed by atoms with Crippen LogP contribution in [0, 0.1) is 6.92 Å². The molecule has 0 spiro atoms. The molecule has 0 heterocycles. The van der Waals surface area contributed by atoms with Gasteiger partial charge in [0, 0.05) is 18.8 Å². The van der Waals surface area contributed by atoms with Crippen LogP contribution in [-0.4, -0.2) is 35.7 Å². The normalized spacial score (nSPS) is 14.2. The Morgan fingerprint density at radius 3 is 2.35 bits per heavy atom. The fourth-order valence-electron chi connectivity index (χ4n) is 1.60. The van der Waals surface area contributed by atoms with Crippen LogP contribution in [0.15, 0.2) is 28.0 Å². The van der Waals surface area contributed by atoms with E-state index in [0.717, 1.165) is 6.26 Å². The van der Waals surface area contributed by atoms with Crippen LogP contribution >= 0.6 is 0 Å². The van der Waals surface area contributed by atoms with Gasteiger partial charge in [-0.25, -0.2) is 21.6 Å². The third-order valence-corrected chi connectivity index (χ3v) is 5.48. The standard InChI is InChI=1S/C12H20N2O4S2/c1-9-4-5-11(19(3,15)16)8-12(9)20(17,18)14-7-6-10(2)13/h4-5,8,10,14H,6-7,13H2,1-3H3. The topological polar surface area (TPSA) is 106 Å². The fourth-order valence-corrected chi connectivity index (χ4v) is 3.64. The Bertz CT molecular complexity index is 679. The minimum atomic E-state index is -3.74. The van der Waals surface area contributed by atoms with Crippen molar-refractivity contribution in [1.29, 1.82) is 0 Å². The molecule has 0 saturated carbocycles. The predicted octanol–water partition coefficient (Wildman–Crippen LogP) is 0.414. The lowest BCUT2D eigenvalue weighted by Gasteiger charge is -2.11. The van der Waals surface area contributed by atoms with Crippen molar-refractivity contribution in [2.24, 2.45) is 5.73 Å². The minimum absolute atomic E-state index is 0.0179. The summed E-state index contributed by atoms with van der Waals surface area (Å²) in [5, 5.41) is 0.